The summed E-state index contributed by atoms with van der Waals surface area (Å²) in [7, 11) is 0. The highest BCUT2D eigenvalue weighted by Gasteiger charge is 2.39. The summed E-state index contributed by atoms with van der Waals surface area (Å²) in [6.45, 7) is 0. The summed E-state index contributed by atoms with van der Waals surface area (Å²) >= 11 is 0. The third-order valence-electron chi connectivity index (χ3n) is 6.30. The molecule has 0 amide bonds. The van der Waals surface area contributed by atoms with E-state index in [0.29, 0.717) is 30.3 Å². The van der Waals surface area contributed by atoms with Crippen LogP contribution in [-0.2, 0) is 12.4 Å². The lowest BCUT2D eigenvalue weighted by Gasteiger charge is -2.16. The number of halogens is 6. The Morgan fingerprint density at radius 2 is 0.870 bits per heavy atom. The quantitative estimate of drug-likeness (QED) is 0.375. The third kappa shape index (κ3) is 5.58. The van der Waals surface area contributed by atoms with E-state index in [1.807, 2.05) is 0 Å². The molecule has 0 fully saturated rings. The molecule has 0 heterocycles. The normalized spacial score (nSPS) is 11.8. The summed E-state index contributed by atoms with van der Waals surface area (Å²) in [6, 6.07) is 15.7. The Balaban J connectivity index is 2.86. The van der Waals surface area contributed by atoms with E-state index >= 15 is 0 Å². The first-order chi connectivity index (χ1) is 21.7. The Bertz CT molecular complexity index is 2390. The van der Waals surface area contributed by atoms with Crippen LogP contribution in [0.25, 0.3) is 11.1 Å². The van der Waals surface area contributed by atoms with Gasteiger partial charge >= 0.3 is 12.4 Å². The van der Waals surface area contributed by atoms with Crippen LogP contribution < -0.4 is 10.4 Å². The van der Waals surface area contributed by atoms with Crippen LogP contribution in [0, 0.1) is 102 Å². The van der Waals surface area contributed by atoms with Crippen molar-refractivity contribution >= 4 is 11.1 Å². The Labute approximate surface area is 253 Å². The second-order valence-corrected chi connectivity index (χ2v) is 8.74. The van der Waals surface area contributed by atoms with Crippen molar-refractivity contribution in [2.75, 3.05) is 0 Å². The molecule has 3 aromatic rings. The van der Waals surface area contributed by atoms with Gasteiger partial charge in [0.15, 0.2) is 0 Å². The zero-order valence-corrected chi connectivity index (χ0v) is 22.2. The minimum absolute atomic E-state index is 0.520. The van der Waals surface area contributed by atoms with Gasteiger partial charge < -0.3 is 0 Å². The third-order valence-corrected chi connectivity index (χ3v) is 6.30. The Morgan fingerprint density at radius 1 is 0.457 bits per heavy atom. The molecule has 0 bridgehead atoms. The van der Waals surface area contributed by atoms with Gasteiger partial charge in [-0.25, -0.2) is 0 Å². The Kier molecular flexibility index (Phi) is 8.81. The molecule has 0 saturated carbocycles. The lowest BCUT2D eigenvalue weighted by molar-refractivity contribution is -0.138. The number of nitrogens with zero attached hydrogens (tertiary/aromatic N) is 9. The predicted octanol–water partition coefficient (Wildman–Crippen LogP) is 4.27. The van der Waals surface area contributed by atoms with Crippen molar-refractivity contribution in [3.05, 3.63) is 102 Å². The molecule has 0 spiro atoms. The second kappa shape index (κ2) is 12.3. The van der Waals surface area contributed by atoms with E-state index in [2.05, 4.69) is 0 Å². The van der Waals surface area contributed by atoms with Gasteiger partial charge in [-0.1, -0.05) is 0 Å². The Hall–Kier alpha value is -7.61. The highest BCUT2D eigenvalue weighted by molar-refractivity contribution is 5.86. The molecule has 3 aromatic carbocycles. The molecule has 3 rings (SSSR count). The molecule has 0 aliphatic heterocycles. The van der Waals surface area contributed by atoms with Gasteiger partial charge in [0, 0.05) is 21.6 Å². The van der Waals surface area contributed by atoms with Gasteiger partial charge in [-0.3, -0.25) is 0 Å². The number of nitriles is 9. The van der Waals surface area contributed by atoms with Gasteiger partial charge in [-0.05, 0) is 30.3 Å². The van der Waals surface area contributed by atoms with Crippen LogP contribution in [0.15, 0.2) is 30.3 Å². The summed E-state index contributed by atoms with van der Waals surface area (Å²) < 4.78 is 85.1. The molecule has 0 N–H and O–H groups in total. The lowest BCUT2D eigenvalue weighted by atomic mass is 9.87. The number of hydrogen-bond acceptors (Lipinski definition) is 9. The Morgan fingerprint density at radius 3 is 1.20 bits per heavy atom. The zero-order valence-electron chi connectivity index (χ0n) is 22.2. The molecule has 216 valence electrons. The fourth-order valence-corrected chi connectivity index (χ4v) is 4.57. The van der Waals surface area contributed by atoms with Gasteiger partial charge in [0.05, 0.1) is 91.6 Å². The first kappa shape index (κ1) is 32.9. The van der Waals surface area contributed by atoms with Crippen LogP contribution in [0.1, 0.15) is 61.2 Å². The molecule has 0 aliphatic carbocycles. The molecule has 0 saturated heterocycles. The number of benzene rings is 3. The van der Waals surface area contributed by atoms with Crippen LogP contribution in [0.2, 0.25) is 0 Å². The van der Waals surface area contributed by atoms with Crippen LogP contribution in [0.4, 0.5) is 26.3 Å². The second-order valence-electron chi connectivity index (χ2n) is 8.74. The van der Waals surface area contributed by atoms with Crippen molar-refractivity contribution in [1.82, 2.24) is 0 Å². The van der Waals surface area contributed by atoms with Gasteiger partial charge in [-0.15, -0.1) is 0 Å². The molecule has 15 heteroatoms. The maximum atomic E-state index is 14.2. The molecule has 46 heavy (non-hydrogen) atoms. The van der Waals surface area contributed by atoms with E-state index in [1.54, 1.807) is 0 Å². The summed E-state index contributed by atoms with van der Waals surface area (Å²) in [6.07, 6.45) is -10.7. The van der Waals surface area contributed by atoms with Gasteiger partial charge in [-0.2, -0.15) is 73.7 Å². The van der Waals surface area contributed by atoms with Crippen molar-refractivity contribution in [2.24, 2.45) is 0 Å². The molecule has 9 nitrogen and oxygen atoms in total. The largest absolute Gasteiger partial charge is 0.418 e. The predicted molar refractivity (Wildman–Crippen MR) is 138 cm³/mol. The maximum absolute atomic E-state index is 14.2. The molecule has 0 unspecified atom stereocenters. The van der Waals surface area contributed by atoms with Crippen LogP contribution in [-0.4, -0.2) is 0 Å². The molecular formula is C31H5F6N9. The van der Waals surface area contributed by atoms with E-state index in [1.165, 1.54) is 54.6 Å². The minimum Gasteiger partial charge on any atom is -0.192 e. The first-order valence-corrected chi connectivity index (χ1v) is 11.8. The van der Waals surface area contributed by atoms with Crippen molar-refractivity contribution in [3.8, 4) is 54.6 Å². The number of hydrogen-bond donors (Lipinski definition) is 0. The van der Waals surface area contributed by atoms with Crippen molar-refractivity contribution < 1.29 is 26.3 Å². The monoisotopic (exact) mass is 617 g/mol. The average Bonchev–Trinajstić information content (AvgIpc) is 3.03. The minimum atomic E-state index is -5.34. The van der Waals surface area contributed by atoms with E-state index in [9.17, 15) is 73.7 Å². The van der Waals surface area contributed by atoms with Gasteiger partial charge in [0.2, 0.25) is 0 Å². The topological polar surface area (TPSA) is 214 Å². The van der Waals surface area contributed by atoms with Crippen molar-refractivity contribution in [3.63, 3.8) is 0 Å². The fraction of sp³-hybridized carbons (Fsp3) is 0.0645. The molecule has 0 radical (unpaired) electrons. The molecule has 0 aromatic heterocycles. The van der Waals surface area contributed by atoms with E-state index in [0.717, 1.165) is 0 Å². The maximum Gasteiger partial charge on any atom is 0.418 e. The number of rotatable bonds is 2. The highest BCUT2D eigenvalue weighted by atomic mass is 19.4. The number of alkyl halides is 6. The van der Waals surface area contributed by atoms with Crippen LogP contribution in [0.3, 0.4) is 0 Å². The summed E-state index contributed by atoms with van der Waals surface area (Å²) in [4.78, 5) is 0. The summed E-state index contributed by atoms with van der Waals surface area (Å²) in [5.74, 6) is 0. The van der Waals surface area contributed by atoms with Crippen LogP contribution in [0.5, 0.6) is 0 Å². The molecule has 0 aliphatic rings. The van der Waals surface area contributed by atoms with E-state index in [4.69, 9.17) is 0 Å². The SMILES string of the molecule is N#C/C(c1cc(C#N)cc(C#N)c1C(F)(F)F)=c1/cc(C#N)/c(=C(/C#N)c2cc(C#N)cc(C#N)c2C(F)(F)F)c(C#N)c1C#N. The van der Waals surface area contributed by atoms with E-state index < -0.39 is 95.1 Å². The summed E-state index contributed by atoms with van der Waals surface area (Å²) in [5.41, 5.74) is -13.9. The smallest absolute Gasteiger partial charge is 0.192 e. The standard InChI is InChI=1S/C31H5F6N9/c32-30(33,34)28-18(9-41)1-15(6-38)3-21(28)23(11-43)20-5-17(8-40)27(26(14-46)24(20)12-44)25(13-45)22-4-16(7-39)2-19(10-42)29(22)31(35,36)37/h1-5H/b23-20+,27-25+. The van der Waals surface area contributed by atoms with Gasteiger partial charge in [0.1, 0.15) is 24.3 Å². The molecular weight excluding hydrogens is 612 g/mol. The van der Waals surface area contributed by atoms with Crippen LogP contribution >= 0.6 is 0 Å². The van der Waals surface area contributed by atoms with E-state index in [-0.39, 0.29) is 0 Å². The van der Waals surface area contributed by atoms with Crippen molar-refractivity contribution in [2.45, 2.75) is 12.4 Å². The fourth-order valence-electron chi connectivity index (χ4n) is 4.57. The first-order valence-electron chi connectivity index (χ1n) is 11.8. The highest BCUT2D eigenvalue weighted by Crippen LogP contribution is 2.39. The summed E-state index contributed by atoms with van der Waals surface area (Å²) in [5, 5.41) is 85.7. The van der Waals surface area contributed by atoms with Crippen molar-refractivity contribution in [1.29, 1.82) is 47.4 Å². The van der Waals surface area contributed by atoms with Gasteiger partial charge in [0.25, 0.3) is 0 Å². The zero-order chi connectivity index (χ0) is 34.6. The molecule has 0 atom stereocenters. The lowest BCUT2D eigenvalue weighted by Crippen LogP contribution is -2.27. The average molecular weight is 617 g/mol.